The van der Waals surface area contributed by atoms with Gasteiger partial charge in [-0.2, -0.15) is 0 Å². The number of Topliss-reactive ketones (excluding diaryl/α,β-unsaturated/α-hetero) is 1. The summed E-state index contributed by atoms with van der Waals surface area (Å²) in [5.41, 5.74) is 1.91. The van der Waals surface area contributed by atoms with Crippen molar-refractivity contribution in [2.45, 2.75) is 39.0 Å². The van der Waals surface area contributed by atoms with Gasteiger partial charge in [0.1, 0.15) is 0 Å². The van der Waals surface area contributed by atoms with Gasteiger partial charge in [0.2, 0.25) is 0 Å². The van der Waals surface area contributed by atoms with Crippen LogP contribution in [0.15, 0.2) is 24.3 Å². The number of ketones is 1. The van der Waals surface area contributed by atoms with Crippen molar-refractivity contribution in [2.24, 2.45) is 0 Å². The first-order chi connectivity index (χ1) is 8.13. The van der Waals surface area contributed by atoms with E-state index in [-0.39, 0.29) is 12.2 Å². The standard InChI is InChI=1S/C14H18O3/c1-2-4-11-7-9-12(10-8-11)13(15)5-3-6-14(16)17/h7-10H,2-6H2,1H3,(H,16,17). The van der Waals surface area contributed by atoms with Gasteiger partial charge in [-0.1, -0.05) is 37.6 Å². The van der Waals surface area contributed by atoms with Crippen molar-refractivity contribution in [1.29, 1.82) is 0 Å². The molecule has 1 aromatic carbocycles. The summed E-state index contributed by atoms with van der Waals surface area (Å²) in [5, 5.41) is 8.48. The topological polar surface area (TPSA) is 54.4 Å². The van der Waals surface area contributed by atoms with E-state index in [0.29, 0.717) is 18.4 Å². The third-order valence-corrected chi connectivity index (χ3v) is 2.61. The fraction of sp³-hybridized carbons (Fsp3) is 0.429. The lowest BCUT2D eigenvalue weighted by Crippen LogP contribution is -2.01. The number of hydrogen-bond donors (Lipinski definition) is 1. The number of carbonyl (C=O) groups excluding carboxylic acids is 1. The largest absolute Gasteiger partial charge is 0.481 e. The Morgan fingerprint density at radius 2 is 1.76 bits per heavy atom. The Balaban J connectivity index is 2.48. The Kier molecular flexibility index (Phi) is 5.40. The number of aliphatic carboxylic acids is 1. The second kappa shape index (κ2) is 6.84. The molecule has 0 heterocycles. The van der Waals surface area contributed by atoms with E-state index in [1.54, 1.807) is 0 Å². The highest BCUT2D eigenvalue weighted by atomic mass is 16.4. The molecule has 0 aliphatic rings. The Bertz CT molecular complexity index is 379. The average molecular weight is 234 g/mol. The van der Waals surface area contributed by atoms with Crippen LogP contribution in [-0.2, 0) is 11.2 Å². The van der Waals surface area contributed by atoms with Crippen LogP contribution in [0.3, 0.4) is 0 Å². The first kappa shape index (κ1) is 13.4. The maximum absolute atomic E-state index is 11.7. The zero-order valence-electron chi connectivity index (χ0n) is 10.1. The van der Waals surface area contributed by atoms with Gasteiger partial charge in [0.25, 0.3) is 0 Å². The van der Waals surface area contributed by atoms with Crippen LogP contribution in [0, 0.1) is 0 Å². The minimum Gasteiger partial charge on any atom is -0.481 e. The maximum atomic E-state index is 11.7. The monoisotopic (exact) mass is 234 g/mol. The minimum atomic E-state index is -0.851. The second-order valence-electron chi connectivity index (χ2n) is 4.12. The summed E-state index contributed by atoms with van der Waals surface area (Å²) in [5.74, 6) is -0.828. The molecule has 1 aromatic rings. The normalized spacial score (nSPS) is 10.2. The number of carboxylic acid groups (broad SMARTS) is 1. The zero-order chi connectivity index (χ0) is 12.7. The Morgan fingerprint density at radius 1 is 1.12 bits per heavy atom. The van der Waals surface area contributed by atoms with Crippen LogP contribution in [0.4, 0.5) is 0 Å². The predicted molar refractivity (Wildman–Crippen MR) is 66.3 cm³/mol. The summed E-state index contributed by atoms with van der Waals surface area (Å²) in [6.07, 6.45) is 2.88. The second-order valence-corrected chi connectivity index (χ2v) is 4.12. The molecular formula is C14H18O3. The summed E-state index contributed by atoms with van der Waals surface area (Å²) in [7, 11) is 0. The molecule has 92 valence electrons. The van der Waals surface area contributed by atoms with E-state index < -0.39 is 5.97 Å². The third kappa shape index (κ3) is 4.81. The lowest BCUT2D eigenvalue weighted by Gasteiger charge is -2.02. The van der Waals surface area contributed by atoms with Crippen molar-refractivity contribution < 1.29 is 14.7 Å². The molecule has 0 amide bonds. The highest BCUT2D eigenvalue weighted by molar-refractivity contribution is 5.96. The van der Waals surface area contributed by atoms with Gasteiger partial charge < -0.3 is 5.11 Å². The van der Waals surface area contributed by atoms with Crippen LogP contribution in [0.25, 0.3) is 0 Å². The van der Waals surface area contributed by atoms with Gasteiger partial charge in [-0.25, -0.2) is 0 Å². The van der Waals surface area contributed by atoms with Gasteiger partial charge in [-0.15, -0.1) is 0 Å². The fourth-order valence-electron chi connectivity index (χ4n) is 1.69. The van der Waals surface area contributed by atoms with Crippen LogP contribution in [-0.4, -0.2) is 16.9 Å². The Labute approximate surface area is 101 Å². The third-order valence-electron chi connectivity index (χ3n) is 2.61. The van der Waals surface area contributed by atoms with Crippen molar-refractivity contribution >= 4 is 11.8 Å². The highest BCUT2D eigenvalue weighted by Crippen LogP contribution is 2.10. The number of hydrogen-bond acceptors (Lipinski definition) is 2. The molecule has 0 fully saturated rings. The summed E-state index contributed by atoms with van der Waals surface area (Å²) >= 11 is 0. The molecule has 1 N–H and O–H groups in total. The van der Waals surface area contributed by atoms with Gasteiger partial charge >= 0.3 is 5.97 Å². The molecule has 3 nitrogen and oxygen atoms in total. The SMILES string of the molecule is CCCc1ccc(C(=O)CCCC(=O)O)cc1. The molecule has 0 saturated heterocycles. The van der Waals surface area contributed by atoms with Crippen LogP contribution >= 0.6 is 0 Å². The van der Waals surface area contributed by atoms with Gasteiger partial charge in [-0.3, -0.25) is 9.59 Å². The first-order valence-electron chi connectivity index (χ1n) is 5.97. The highest BCUT2D eigenvalue weighted by Gasteiger charge is 2.06. The molecule has 0 aliphatic carbocycles. The molecule has 17 heavy (non-hydrogen) atoms. The van der Waals surface area contributed by atoms with E-state index >= 15 is 0 Å². The van der Waals surface area contributed by atoms with E-state index in [0.717, 1.165) is 12.8 Å². The molecule has 0 aliphatic heterocycles. The number of carboxylic acids is 1. The molecule has 0 radical (unpaired) electrons. The van der Waals surface area contributed by atoms with E-state index in [1.807, 2.05) is 24.3 Å². The molecule has 0 saturated carbocycles. The van der Waals surface area contributed by atoms with E-state index in [1.165, 1.54) is 5.56 Å². The van der Waals surface area contributed by atoms with Crippen molar-refractivity contribution in [1.82, 2.24) is 0 Å². The molecule has 1 rings (SSSR count). The van der Waals surface area contributed by atoms with Gasteiger partial charge in [-0.05, 0) is 18.4 Å². The smallest absolute Gasteiger partial charge is 0.303 e. The predicted octanol–water partition coefficient (Wildman–Crippen LogP) is 3.08. The van der Waals surface area contributed by atoms with E-state index in [2.05, 4.69) is 6.92 Å². The molecule has 3 heteroatoms. The minimum absolute atomic E-state index is 0.0225. The zero-order valence-corrected chi connectivity index (χ0v) is 10.1. The quantitative estimate of drug-likeness (QED) is 0.737. The first-order valence-corrected chi connectivity index (χ1v) is 5.97. The van der Waals surface area contributed by atoms with Crippen LogP contribution in [0.1, 0.15) is 48.5 Å². The molecule has 0 spiro atoms. The van der Waals surface area contributed by atoms with E-state index in [9.17, 15) is 9.59 Å². The van der Waals surface area contributed by atoms with Crippen molar-refractivity contribution in [2.75, 3.05) is 0 Å². The van der Waals surface area contributed by atoms with E-state index in [4.69, 9.17) is 5.11 Å². The van der Waals surface area contributed by atoms with Gasteiger partial charge in [0.15, 0.2) is 5.78 Å². The maximum Gasteiger partial charge on any atom is 0.303 e. The van der Waals surface area contributed by atoms with Crippen LogP contribution in [0.5, 0.6) is 0 Å². The summed E-state index contributed by atoms with van der Waals surface area (Å²) in [6, 6.07) is 7.59. The number of carbonyl (C=O) groups is 2. The lowest BCUT2D eigenvalue weighted by molar-refractivity contribution is -0.137. The number of aryl methyl sites for hydroxylation is 1. The van der Waals surface area contributed by atoms with Crippen molar-refractivity contribution in [3.63, 3.8) is 0 Å². The molecule has 0 unspecified atom stereocenters. The summed E-state index contributed by atoms with van der Waals surface area (Å²) in [4.78, 5) is 22.0. The van der Waals surface area contributed by atoms with Gasteiger partial charge in [0.05, 0.1) is 0 Å². The van der Waals surface area contributed by atoms with Crippen LogP contribution < -0.4 is 0 Å². The fourth-order valence-corrected chi connectivity index (χ4v) is 1.69. The molecule has 0 aromatic heterocycles. The number of rotatable bonds is 7. The average Bonchev–Trinajstić information content (AvgIpc) is 2.30. The lowest BCUT2D eigenvalue weighted by atomic mass is 10.0. The van der Waals surface area contributed by atoms with Gasteiger partial charge in [0, 0.05) is 18.4 Å². The number of benzene rings is 1. The molecule has 0 bridgehead atoms. The summed E-state index contributed by atoms with van der Waals surface area (Å²) < 4.78 is 0. The molecular weight excluding hydrogens is 216 g/mol. The Morgan fingerprint density at radius 3 is 2.29 bits per heavy atom. The van der Waals surface area contributed by atoms with Crippen molar-refractivity contribution in [3.8, 4) is 0 Å². The van der Waals surface area contributed by atoms with Crippen LogP contribution in [0.2, 0.25) is 0 Å². The Hall–Kier alpha value is -1.64. The molecule has 0 atom stereocenters. The summed E-state index contributed by atoms with van der Waals surface area (Å²) in [6.45, 7) is 2.12. The van der Waals surface area contributed by atoms with Crippen molar-refractivity contribution in [3.05, 3.63) is 35.4 Å².